The van der Waals surface area contributed by atoms with Gasteiger partial charge in [-0.05, 0) is 43.2 Å². The standard InChI is InChI=1S/C15H14Cl2O3S/c1-10-8-15(21(17,18)19)11(2)7-14(10)20-9-12-5-3-4-6-13(12)16/h3-8H,9H2,1-2H3. The van der Waals surface area contributed by atoms with Crippen molar-refractivity contribution in [3.63, 3.8) is 0 Å². The predicted molar refractivity (Wildman–Crippen MR) is 84.7 cm³/mol. The van der Waals surface area contributed by atoms with Gasteiger partial charge < -0.3 is 4.74 Å². The molecule has 0 saturated carbocycles. The summed E-state index contributed by atoms with van der Waals surface area (Å²) in [5.74, 6) is 0.608. The molecule has 2 rings (SSSR count). The highest BCUT2D eigenvalue weighted by Gasteiger charge is 2.16. The Morgan fingerprint density at radius 2 is 1.76 bits per heavy atom. The van der Waals surface area contributed by atoms with Crippen LogP contribution < -0.4 is 4.74 Å². The van der Waals surface area contributed by atoms with Gasteiger partial charge >= 0.3 is 0 Å². The summed E-state index contributed by atoms with van der Waals surface area (Å²) in [5.41, 5.74) is 2.11. The van der Waals surface area contributed by atoms with Crippen LogP contribution in [0.25, 0.3) is 0 Å². The minimum Gasteiger partial charge on any atom is -0.489 e. The summed E-state index contributed by atoms with van der Waals surface area (Å²) in [7, 11) is 1.64. The summed E-state index contributed by atoms with van der Waals surface area (Å²) in [6, 6.07) is 10.6. The van der Waals surface area contributed by atoms with Crippen LogP contribution in [-0.4, -0.2) is 8.42 Å². The smallest absolute Gasteiger partial charge is 0.261 e. The highest BCUT2D eigenvalue weighted by molar-refractivity contribution is 8.13. The highest BCUT2D eigenvalue weighted by Crippen LogP contribution is 2.29. The lowest BCUT2D eigenvalue weighted by molar-refractivity contribution is 0.303. The van der Waals surface area contributed by atoms with Gasteiger partial charge in [0.15, 0.2) is 0 Å². The van der Waals surface area contributed by atoms with E-state index in [1.165, 1.54) is 6.07 Å². The lowest BCUT2D eigenvalue weighted by Crippen LogP contribution is -2.01. The second kappa shape index (κ2) is 6.26. The van der Waals surface area contributed by atoms with Crippen LogP contribution in [0.4, 0.5) is 0 Å². The Morgan fingerprint density at radius 3 is 2.38 bits per heavy atom. The highest BCUT2D eigenvalue weighted by atomic mass is 35.7. The molecule has 0 amide bonds. The number of halogens is 2. The van der Waals surface area contributed by atoms with Crippen LogP contribution >= 0.6 is 22.3 Å². The van der Waals surface area contributed by atoms with Gasteiger partial charge in [0, 0.05) is 21.3 Å². The molecule has 6 heteroatoms. The molecule has 0 bridgehead atoms. The molecule has 0 unspecified atom stereocenters. The van der Waals surface area contributed by atoms with Crippen molar-refractivity contribution in [3.8, 4) is 5.75 Å². The fourth-order valence-corrected chi connectivity index (χ4v) is 3.40. The zero-order chi connectivity index (χ0) is 15.6. The first-order valence-corrected chi connectivity index (χ1v) is 8.90. The molecule has 0 spiro atoms. The Morgan fingerprint density at radius 1 is 1.10 bits per heavy atom. The molecule has 0 radical (unpaired) electrons. The first-order chi connectivity index (χ1) is 9.79. The van der Waals surface area contributed by atoms with Crippen LogP contribution in [0.5, 0.6) is 5.75 Å². The number of benzene rings is 2. The molecule has 0 atom stereocenters. The molecule has 0 aliphatic rings. The first-order valence-electron chi connectivity index (χ1n) is 6.21. The second-order valence-corrected chi connectivity index (χ2v) is 7.64. The summed E-state index contributed by atoms with van der Waals surface area (Å²) in [6.07, 6.45) is 0. The molecule has 0 aromatic heterocycles. The second-order valence-electron chi connectivity index (χ2n) is 4.70. The Labute approximate surface area is 133 Å². The van der Waals surface area contributed by atoms with E-state index in [0.29, 0.717) is 28.5 Å². The molecule has 2 aromatic carbocycles. The van der Waals surface area contributed by atoms with Gasteiger partial charge in [0.05, 0.1) is 4.90 Å². The Balaban J connectivity index is 2.26. The van der Waals surface area contributed by atoms with Gasteiger partial charge in [-0.1, -0.05) is 29.8 Å². The molecule has 0 fully saturated rings. The van der Waals surface area contributed by atoms with E-state index in [2.05, 4.69) is 0 Å². The number of hydrogen-bond acceptors (Lipinski definition) is 3. The van der Waals surface area contributed by atoms with Crippen molar-refractivity contribution in [2.24, 2.45) is 0 Å². The summed E-state index contributed by atoms with van der Waals surface area (Å²) >= 11 is 6.07. The molecule has 2 aromatic rings. The molecule has 0 aliphatic heterocycles. The number of hydrogen-bond donors (Lipinski definition) is 0. The van der Waals surface area contributed by atoms with E-state index in [-0.39, 0.29) is 4.90 Å². The lowest BCUT2D eigenvalue weighted by Gasteiger charge is -2.13. The van der Waals surface area contributed by atoms with Crippen LogP contribution in [0.2, 0.25) is 5.02 Å². The van der Waals surface area contributed by atoms with Gasteiger partial charge in [-0.3, -0.25) is 0 Å². The third-order valence-corrected chi connectivity index (χ3v) is 4.91. The number of rotatable bonds is 4. The zero-order valence-corrected chi connectivity index (χ0v) is 13.9. The van der Waals surface area contributed by atoms with Gasteiger partial charge in [0.25, 0.3) is 9.05 Å². The maximum Gasteiger partial charge on any atom is 0.261 e. The predicted octanol–water partition coefficient (Wildman–Crippen LogP) is 4.46. The average molecular weight is 345 g/mol. The van der Waals surface area contributed by atoms with E-state index in [0.717, 1.165) is 5.56 Å². The minimum absolute atomic E-state index is 0.103. The lowest BCUT2D eigenvalue weighted by atomic mass is 10.1. The summed E-state index contributed by atoms with van der Waals surface area (Å²) in [6.45, 7) is 3.76. The topological polar surface area (TPSA) is 43.4 Å². The third kappa shape index (κ3) is 3.90. The van der Waals surface area contributed by atoms with Crippen molar-refractivity contribution in [2.45, 2.75) is 25.3 Å². The van der Waals surface area contributed by atoms with Crippen molar-refractivity contribution in [1.82, 2.24) is 0 Å². The summed E-state index contributed by atoms with van der Waals surface area (Å²) in [4.78, 5) is 0.103. The average Bonchev–Trinajstić information content (AvgIpc) is 2.39. The Kier molecular flexibility index (Phi) is 4.81. The molecule has 21 heavy (non-hydrogen) atoms. The maximum absolute atomic E-state index is 11.4. The largest absolute Gasteiger partial charge is 0.489 e. The van der Waals surface area contributed by atoms with Gasteiger partial charge in [0.1, 0.15) is 12.4 Å². The minimum atomic E-state index is -3.75. The molecule has 112 valence electrons. The number of ether oxygens (including phenoxy) is 1. The van der Waals surface area contributed by atoms with Gasteiger partial charge in [-0.15, -0.1) is 0 Å². The van der Waals surface area contributed by atoms with Crippen LogP contribution in [0.15, 0.2) is 41.3 Å². The van der Waals surface area contributed by atoms with E-state index in [9.17, 15) is 8.42 Å². The molecular weight excluding hydrogens is 331 g/mol. The molecule has 0 saturated heterocycles. The van der Waals surface area contributed by atoms with Crippen molar-refractivity contribution in [3.05, 3.63) is 58.1 Å². The van der Waals surface area contributed by atoms with E-state index in [4.69, 9.17) is 27.0 Å². The van der Waals surface area contributed by atoms with Gasteiger partial charge in [-0.2, -0.15) is 0 Å². The van der Waals surface area contributed by atoms with E-state index in [1.54, 1.807) is 26.0 Å². The maximum atomic E-state index is 11.4. The molecule has 0 N–H and O–H groups in total. The van der Waals surface area contributed by atoms with E-state index in [1.807, 2.05) is 18.2 Å². The number of aryl methyl sites for hydroxylation is 2. The fraction of sp³-hybridized carbons (Fsp3) is 0.200. The molecule has 3 nitrogen and oxygen atoms in total. The Bertz CT molecular complexity index is 770. The summed E-state index contributed by atoms with van der Waals surface area (Å²) < 4.78 is 28.6. The van der Waals surface area contributed by atoms with Crippen LogP contribution in [0.1, 0.15) is 16.7 Å². The summed E-state index contributed by atoms with van der Waals surface area (Å²) in [5, 5.41) is 0.631. The van der Waals surface area contributed by atoms with Crippen LogP contribution in [-0.2, 0) is 15.7 Å². The van der Waals surface area contributed by atoms with E-state index >= 15 is 0 Å². The quantitative estimate of drug-likeness (QED) is 0.768. The van der Waals surface area contributed by atoms with Crippen molar-refractivity contribution in [1.29, 1.82) is 0 Å². The van der Waals surface area contributed by atoms with Crippen molar-refractivity contribution < 1.29 is 13.2 Å². The Hall–Kier alpha value is -1.23. The SMILES string of the molecule is Cc1cc(S(=O)(=O)Cl)c(C)cc1OCc1ccccc1Cl. The first kappa shape index (κ1) is 16.1. The van der Waals surface area contributed by atoms with Crippen molar-refractivity contribution >= 4 is 31.3 Å². The molecule has 0 heterocycles. The monoisotopic (exact) mass is 344 g/mol. The molecular formula is C15H14Cl2O3S. The zero-order valence-electron chi connectivity index (χ0n) is 11.6. The van der Waals surface area contributed by atoms with E-state index < -0.39 is 9.05 Å². The van der Waals surface area contributed by atoms with Crippen LogP contribution in [0, 0.1) is 13.8 Å². The normalized spacial score (nSPS) is 11.4. The van der Waals surface area contributed by atoms with Gasteiger partial charge in [-0.25, -0.2) is 8.42 Å². The van der Waals surface area contributed by atoms with Crippen LogP contribution in [0.3, 0.4) is 0 Å². The molecule has 0 aliphatic carbocycles. The third-order valence-electron chi connectivity index (χ3n) is 3.08. The fourth-order valence-electron chi connectivity index (χ4n) is 1.95. The van der Waals surface area contributed by atoms with Gasteiger partial charge in [0.2, 0.25) is 0 Å². The van der Waals surface area contributed by atoms with Crippen molar-refractivity contribution in [2.75, 3.05) is 0 Å².